The van der Waals surface area contributed by atoms with Crippen molar-refractivity contribution >= 4 is 0 Å². The Bertz CT molecular complexity index is 470. The second-order valence-corrected chi connectivity index (χ2v) is 4.92. The van der Waals surface area contributed by atoms with Gasteiger partial charge in [-0.2, -0.15) is 0 Å². The Morgan fingerprint density at radius 2 is 2.00 bits per heavy atom. The van der Waals surface area contributed by atoms with E-state index in [2.05, 4.69) is 43.7 Å². The van der Waals surface area contributed by atoms with Gasteiger partial charge in [-0.15, -0.1) is 0 Å². The van der Waals surface area contributed by atoms with Crippen LogP contribution in [0.25, 0.3) is 0 Å². The quantitative estimate of drug-likeness (QED) is 0.810. The van der Waals surface area contributed by atoms with Crippen molar-refractivity contribution in [1.29, 1.82) is 0 Å². The Hall–Kier alpha value is -1.50. The summed E-state index contributed by atoms with van der Waals surface area (Å²) in [5.41, 5.74) is 7.58. The number of rotatable bonds is 6. The Morgan fingerprint density at radius 3 is 2.55 bits per heavy atom. The Balaban J connectivity index is 2.96. The summed E-state index contributed by atoms with van der Waals surface area (Å²) in [7, 11) is 3.87. The van der Waals surface area contributed by atoms with Gasteiger partial charge in [0.05, 0.1) is 13.7 Å². The summed E-state index contributed by atoms with van der Waals surface area (Å²) >= 11 is 0. The first kappa shape index (κ1) is 16.6. The second kappa shape index (κ2) is 8.63. The van der Waals surface area contributed by atoms with Crippen molar-refractivity contribution in [3.63, 3.8) is 0 Å². The normalized spacial score (nSPS) is 10.6. The lowest BCUT2D eigenvalue weighted by Crippen LogP contribution is -2.30. The molecule has 2 N–H and O–H groups in total. The van der Waals surface area contributed by atoms with E-state index in [0.29, 0.717) is 12.6 Å². The van der Waals surface area contributed by atoms with Crippen molar-refractivity contribution in [3.05, 3.63) is 29.3 Å². The maximum absolute atomic E-state index is 5.45. The standard InChI is InChI=1S/C17H26N2O/c1-5-16(6-2)19(3)13-15-12-14(8-7-11-18)9-10-17(15)20-4/h9-10,12,16H,5-6,11,13,18H2,1-4H3. The zero-order valence-corrected chi connectivity index (χ0v) is 13.1. The molecular formula is C17H26N2O. The summed E-state index contributed by atoms with van der Waals surface area (Å²) in [6, 6.07) is 6.65. The highest BCUT2D eigenvalue weighted by atomic mass is 16.5. The van der Waals surface area contributed by atoms with Crippen molar-refractivity contribution < 1.29 is 4.74 Å². The molecule has 1 aromatic rings. The molecule has 1 rings (SSSR count). The fraction of sp³-hybridized carbons (Fsp3) is 0.529. The maximum atomic E-state index is 5.45. The van der Waals surface area contributed by atoms with Gasteiger partial charge in [0.25, 0.3) is 0 Å². The van der Waals surface area contributed by atoms with Gasteiger partial charge < -0.3 is 10.5 Å². The predicted molar refractivity (Wildman–Crippen MR) is 84.8 cm³/mol. The molecule has 0 heterocycles. The van der Waals surface area contributed by atoms with E-state index in [1.807, 2.05) is 12.1 Å². The highest BCUT2D eigenvalue weighted by molar-refractivity contribution is 5.44. The highest BCUT2D eigenvalue weighted by Gasteiger charge is 2.13. The summed E-state index contributed by atoms with van der Waals surface area (Å²) < 4.78 is 5.45. The van der Waals surface area contributed by atoms with Gasteiger partial charge in [-0.3, -0.25) is 4.90 Å². The second-order valence-electron chi connectivity index (χ2n) is 4.92. The first-order valence-corrected chi connectivity index (χ1v) is 7.22. The van der Waals surface area contributed by atoms with E-state index in [0.717, 1.165) is 30.7 Å². The van der Waals surface area contributed by atoms with Crippen molar-refractivity contribution in [2.24, 2.45) is 5.73 Å². The molecule has 0 spiro atoms. The summed E-state index contributed by atoms with van der Waals surface area (Å²) in [6.45, 7) is 5.71. The van der Waals surface area contributed by atoms with Crippen LogP contribution in [-0.2, 0) is 6.54 Å². The third kappa shape index (κ3) is 4.56. The van der Waals surface area contributed by atoms with Crippen LogP contribution in [0.4, 0.5) is 0 Å². The number of nitrogens with zero attached hydrogens (tertiary/aromatic N) is 1. The fourth-order valence-corrected chi connectivity index (χ4v) is 2.44. The van der Waals surface area contributed by atoms with Crippen LogP contribution in [0.5, 0.6) is 5.75 Å². The molecule has 3 nitrogen and oxygen atoms in total. The zero-order valence-electron chi connectivity index (χ0n) is 13.1. The molecule has 1 aromatic carbocycles. The van der Waals surface area contributed by atoms with Gasteiger partial charge in [0.1, 0.15) is 5.75 Å². The Labute approximate surface area is 123 Å². The molecule has 0 amide bonds. The first-order valence-electron chi connectivity index (χ1n) is 7.22. The third-order valence-corrected chi connectivity index (χ3v) is 3.60. The van der Waals surface area contributed by atoms with E-state index >= 15 is 0 Å². The SMILES string of the molecule is CCC(CC)N(C)Cc1cc(C#CCN)ccc1OC. The lowest BCUT2D eigenvalue weighted by atomic mass is 10.1. The summed E-state index contributed by atoms with van der Waals surface area (Å²) in [5.74, 6) is 6.89. The highest BCUT2D eigenvalue weighted by Crippen LogP contribution is 2.22. The Kier molecular flexibility index (Phi) is 7.14. The molecule has 0 aliphatic heterocycles. The molecule has 0 saturated carbocycles. The van der Waals surface area contributed by atoms with Crippen molar-refractivity contribution in [1.82, 2.24) is 4.90 Å². The number of ether oxygens (including phenoxy) is 1. The molecule has 0 unspecified atom stereocenters. The lowest BCUT2D eigenvalue weighted by molar-refractivity contribution is 0.219. The average Bonchev–Trinajstić information content (AvgIpc) is 2.46. The molecule has 20 heavy (non-hydrogen) atoms. The zero-order chi connectivity index (χ0) is 15.0. The number of hydrogen-bond donors (Lipinski definition) is 1. The minimum absolute atomic E-state index is 0.384. The van der Waals surface area contributed by atoms with Crippen LogP contribution in [-0.4, -0.2) is 31.6 Å². The van der Waals surface area contributed by atoms with Gasteiger partial charge in [0.15, 0.2) is 0 Å². The summed E-state index contributed by atoms with van der Waals surface area (Å²) in [6.07, 6.45) is 2.31. The molecule has 0 aromatic heterocycles. The molecule has 0 fully saturated rings. The van der Waals surface area contributed by atoms with Gasteiger partial charge in [0.2, 0.25) is 0 Å². The topological polar surface area (TPSA) is 38.5 Å². The van der Waals surface area contributed by atoms with Crippen molar-refractivity contribution in [3.8, 4) is 17.6 Å². The van der Waals surface area contributed by atoms with E-state index < -0.39 is 0 Å². The third-order valence-electron chi connectivity index (χ3n) is 3.60. The number of nitrogens with two attached hydrogens (primary N) is 1. The minimum Gasteiger partial charge on any atom is -0.496 e. The average molecular weight is 274 g/mol. The van der Waals surface area contributed by atoms with Crippen LogP contribution in [0.2, 0.25) is 0 Å². The van der Waals surface area contributed by atoms with Gasteiger partial charge in [0, 0.05) is 23.7 Å². The van der Waals surface area contributed by atoms with Gasteiger partial charge >= 0.3 is 0 Å². The van der Waals surface area contributed by atoms with Gasteiger partial charge in [-0.25, -0.2) is 0 Å². The molecule has 0 aliphatic rings. The van der Waals surface area contributed by atoms with Crippen LogP contribution in [0.3, 0.4) is 0 Å². The molecule has 0 atom stereocenters. The molecule has 0 bridgehead atoms. The minimum atomic E-state index is 0.384. The van der Waals surface area contributed by atoms with E-state index in [4.69, 9.17) is 10.5 Å². The molecule has 110 valence electrons. The Morgan fingerprint density at radius 1 is 1.30 bits per heavy atom. The van der Waals surface area contributed by atoms with Crippen LogP contribution in [0.1, 0.15) is 37.8 Å². The smallest absolute Gasteiger partial charge is 0.123 e. The van der Waals surface area contributed by atoms with Crippen LogP contribution in [0.15, 0.2) is 18.2 Å². The van der Waals surface area contributed by atoms with Crippen LogP contribution >= 0.6 is 0 Å². The van der Waals surface area contributed by atoms with Crippen LogP contribution in [0, 0.1) is 11.8 Å². The molecule has 0 radical (unpaired) electrons. The summed E-state index contributed by atoms with van der Waals surface area (Å²) in [4.78, 5) is 2.37. The fourth-order valence-electron chi connectivity index (χ4n) is 2.44. The molecule has 3 heteroatoms. The monoisotopic (exact) mass is 274 g/mol. The molecular weight excluding hydrogens is 248 g/mol. The van der Waals surface area contributed by atoms with E-state index in [1.165, 1.54) is 5.56 Å². The lowest BCUT2D eigenvalue weighted by Gasteiger charge is -2.26. The molecule has 0 saturated heterocycles. The van der Waals surface area contributed by atoms with Crippen LogP contribution < -0.4 is 10.5 Å². The molecule has 0 aliphatic carbocycles. The van der Waals surface area contributed by atoms with E-state index in [1.54, 1.807) is 7.11 Å². The maximum Gasteiger partial charge on any atom is 0.123 e. The predicted octanol–water partition coefficient (Wildman–Crippen LogP) is 2.63. The van der Waals surface area contributed by atoms with Gasteiger partial charge in [-0.1, -0.05) is 25.7 Å². The first-order chi connectivity index (χ1) is 9.65. The number of hydrogen-bond acceptors (Lipinski definition) is 3. The number of benzene rings is 1. The summed E-state index contributed by atoms with van der Waals surface area (Å²) in [5, 5.41) is 0. The van der Waals surface area contributed by atoms with E-state index in [-0.39, 0.29) is 0 Å². The van der Waals surface area contributed by atoms with Crippen molar-refractivity contribution in [2.75, 3.05) is 20.7 Å². The van der Waals surface area contributed by atoms with E-state index in [9.17, 15) is 0 Å². The van der Waals surface area contributed by atoms with Gasteiger partial charge in [-0.05, 0) is 38.1 Å². The largest absolute Gasteiger partial charge is 0.496 e. The number of methoxy groups -OCH3 is 1. The van der Waals surface area contributed by atoms with Crippen molar-refractivity contribution in [2.45, 2.75) is 39.3 Å².